The summed E-state index contributed by atoms with van der Waals surface area (Å²) < 4.78 is 1.14. The van der Waals surface area contributed by atoms with Crippen LogP contribution in [0.4, 0.5) is 0 Å². The van der Waals surface area contributed by atoms with Crippen molar-refractivity contribution in [3.8, 4) is 0 Å². The Morgan fingerprint density at radius 3 is 3.00 bits per heavy atom. The SMILES string of the molecule is Cc1[nH]c2ccc(Br)cc2c1C1CN(C)CCN1. The smallest absolute Gasteiger partial charge is 0.0473 e. The van der Waals surface area contributed by atoms with Crippen LogP contribution in [0.25, 0.3) is 10.9 Å². The fraction of sp³-hybridized carbons (Fsp3) is 0.429. The van der Waals surface area contributed by atoms with E-state index in [1.54, 1.807) is 0 Å². The molecule has 0 amide bonds. The molecule has 2 aromatic rings. The van der Waals surface area contributed by atoms with Gasteiger partial charge >= 0.3 is 0 Å². The molecule has 0 aliphatic carbocycles. The first-order valence-corrected chi connectivity index (χ1v) is 7.14. The van der Waals surface area contributed by atoms with Gasteiger partial charge in [-0.2, -0.15) is 0 Å². The van der Waals surface area contributed by atoms with Crippen LogP contribution < -0.4 is 5.32 Å². The molecule has 0 radical (unpaired) electrons. The van der Waals surface area contributed by atoms with E-state index < -0.39 is 0 Å². The van der Waals surface area contributed by atoms with Gasteiger partial charge in [0, 0.05) is 46.7 Å². The molecule has 1 aromatic heterocycles. The summed E-state index contributed by atoms with van der Waals surface area (Å²) in [6.45, 7) is 5.42. The zero-order valence-electron chi connectivity index (χ0n) is 10.8. The highest BCUT2D eigenvalue weighted by Crippen LogP contribution is 2.31. The van der Waals surface area contributed by atoms with Gasteiger partial charge in [0.05, 0.1) is 0 Å². The van der Waals surface area contributed by atoms with Crippen LogP contribution in [0, 0.1) is 6.92 Å². The van der Waals surface area contributed by atoms with Crippen LogP contribution >= 0.6 is 15.9 Å². The number of likely N-dealkylation sites (N-methyl/N-ethyl adjacent to an activating group) is 1. The number of fused-ring (bicyclic) bond motifs is 1. The Morgan fingerprint density at radius 2 is 2.22 bits per heavy atom. The Morgan fingerprint density at radius 1 is 1.39 bits per heavy atom. The van der Waals surface area contributed by atoms with Gasteiger partial charge in [0.2, 0.25) is 0 Å². The molecule has 2 N–H and O–H groups in total. The number of nitrogens with one attached hydrogen (secondary N) is 2. The summed E-state index contributed by atoms with van der Waals surface area (Å²) in [4.78, 5) is 5.87. The van der Waals surface area contributed by atoms with Crippen molar-refractivity contribution in [3.05, 3.63) is 33.9 Å². The molecule has 1 saturated heterocycles. The lowest BCUT2D eigenvalue weighted by Gasteiger charge is -2.31. The van der Waals surface area contributed by atoms with Crippen molar-refractivity contribution in [3.63, 3.8) is 0 Å². The molecule has 1 aliphatic rings. The van der Waals surface area contributed by atoms with E-state index in [1.807, 2.05) is 0 Å². The topological polar surface area (TPSA) is 31.1 Å². The lowest BCUT2D eigenvalue weighted by Crippen LogP contribution is -2.43. The summed E-state index contributed by atoms with van der Waals surface area (Å²) in [5.74, 6) is 0. The molecule has 2 heterocycles. The van der Waals surface area contributed by atoms with Crippen molar-refractivity contribution in [1.29, 1.82) is 0 Å². The Kier molecular flexibility index (Phi) is 3.18. The number of hydrogen-bond donors (Lipinski definition) is 2. The predicted octanol–water partition coefficient (Wildman–Crippen LogP) is 2.81. The van der Waals surface area contributed by atoms with Crippen LogP contribution in [0.3, 0.4) is 0 Å². The van der Waals surface area contributed by atoms with Gasteiger partial charge in [-0.15, -0.1) is 0 Å². The van der Waals surface area contributed by atoms with Crippen molar-refractivity contribution in [2.24, 2.45) is 0 Å². The normalized spacial score (nSPS) is 21.6. The highest BCUT2D eigenvalue weighted by molar-refractivity contribution is 9.10. The van der Waals surface area contributed by atoms with Gasteiger partial charge in [-0.3, -0.25) is 0 Å². The fourth-order valence-electron chi connectivity index (χ4n) is 2.86. The van der Waals surface area contributed by atoms with Crippen LogP contribution in [0.5, 0.6) is 0 Å². The van der Waals surface area contributed by atoms with E-state index in [4.69, 9.17) is 0 Å². The molecular weight excluding hydrogens is 290 g/mol. The second-order valence-corrected chi connectivity index (χ2v) is 6.04. The molecule has 3 rings (SSSR count). The maximum atomic E-state index is 3.63. The Bertz CT molecular complexity index is 576. The maximum Gasteiger partial charge on any atom is 0.0473 e. The second kappa shape index (κ2) is 4.68. The number of aromatic nitrogens is 1. The van der Waals surface area contributed by atoms with E-state index in [-0.39, 0.29) is 0 Å². The molecule has 18 heavy (non-hydrogen) atoms. The highest BCUT2D eigenvalue weighted by Gasteiger charge is 2.23. The predicted molar refractivity (Wildman–Crippen MR) is 79.0 cm³/mol. The van der Waals surface area contributed by atoms with Gasteiger partial charge in [0.15, 0.2) is 0 Å². The number of hydrogen-bond acceptors (Lipinski definition) is 2. The van der Waals surface area contributed by atoms with E-state index >= 15 is 0 Å². The number of halogens is 1. The maximum absolute atomic E-state index is 3.63. The quantitative estimate of drug-likeness (QED) is 0.849. The Balaban J connectivity index is 2.09. The van der Waals surface area contributed by atoms with E-state index in [2.05, 4.69) is 63.3 Å². The second-order valence-electron chi connectivity index (χ2n) is 5.12. The molecule has 1 aromatic carbocycles. The number of nitrogens with zero attached hydrogens (tertiary/aromatic N) is 1. The third-order valence-electron chi connectivity index (χ3n) is 3.72. The molecule has 1 unspecified atom stereocenters. The van der Waals surface area contributed by atoms with Crippen LogP contribution in [0.15, 0.2) is 22.7 Å². The molecule has 0 saturated carbocycles. The molecule has 1 atom stereocenters. The number of aryl methyl sites for hydroxylation is 1. The lowest BCUT2D eigenvalue weighted by atomic mass is 10.0. The third-order valence-corrected chi connectivity index (χ3v) is 4.22. The van der Waals surface area contributed by atoms with E-state index in [0.29, 0.717) is 6.04 Å². The summed E-state index contributed by atoms with van der Waals surface area (Å²) in [5.41, 5.74) is 3.91. The summed E-state index contributed by atoms with van der Waals surface area (Å²) in [5, 5.41) is 4.96. The van der Waals surface area contributed by atoms with Crippen molar-refractivity contribution in [1.82, 2.24) is 15.2 Å². The first-order chi connectivity index (χ1) is 8.65. The summed E-state index contributed by atoms with van der Waals surface area (Å²) in [7, 11) is 2.19. The van der Waals surface area contributed by atoms with Gasteiger partial charge < -0.3 is 15.2 Å². The molecule has 3 nitrogen and oxygen atoms in total. The molecule has 0 spiro atoms. The van der Waals surface area contributed by atoms with Gasteiger partial charge in [0.1, 0.15) is 0 Å². The largest absolute Gasteiger partial charge is 0.358 e. The summed E-state index contributed by atoms with van der Waals surface area (Å²) in [6, 6.07) is 6.86. The zero-order chi connectivity index (χ0) is 12.7. The van der Waals surface area contributed by atoms with Crippen molar-refractivity contribution < 1.29 is 0 Å². The van der Waals surface area contributed by atoms with E-state index in [9.17, 15) is 0 Å². The van der Waals surface area contributed by atoms with Crippen molar-refractivity contribution >= 4 is 26.8 Å². The Hall–Kier alpha value is -0.840. The monoisotopic (exact) mass is 307 g/mol. The van der Waals surface area contributed by atoms with Gasteiger partial charge in [0.25, 0.3) is 0 Å². The standard InChI is InChI=1S/C14H18BrN3/c1-9-14(13-8-18(2)6-5-16-13)11-7-10(15)3-4-12(11)17-9/h3-4,7,13,16-17H,5-6,8H2,1-2H3. The molecule has 1 fully saturated rings. The van der Waals surface area contributed by atoms with E-state index in [1.165, 1.54) is 22.2 Å². The van der Waals surface area contributed by atoms with Crippen molar-refractivity contribution in [2.45, 2.75) is 13.0 Å². The number of rotatable bonds is 1. The van der Waals surface area contributed by atoms with Crippen LogP contribution in [-0.4, -0.2) is 36.6 Å². The zero-order valence-corrected chi connectivity index (χ0v) is 12.3. The lowest BCUT2D eigenvalue weighted by molar-refractivity contribution is 0.241. The van der Waals surface area contributed by atoms with Gasteiger partial charge in [-0.05, 0) is 37.7 Å². The van der Waals surface area contributed by atoms with Crippen LogP contribution in [-0.2, 0) is 0 Å². The molecule has 4 heteroatoms. The molecule has 1 aliphatic heterocycles. The average Bonchev–Trinajstić information content (AvgIpc) is 2.64. The van der Waals surface area contributed by atoms with Crippen LogP contribution in [0.1, 0.15) is 17.3 Å². The fourth-order valence-corrected chi connectivity index (χ4v) is 3.22. The highest BCUT2D eigenvalue weighted by atomic mass is 79.9. The van der Waals surface area contributed by atoms with Gasteiger partial charge in [-0.1, -0.05) is 15.9 Å². The minimum Gasteiger partial charge on any atom is -0.358 e. The minimum absolute atomic E-state index is 0.423. The molecule has 96 valence electrons. The Labute approximate surface area is 116 Å². The average molecular weight is 308 g/mol. The number of benzene rings is 1. The summed E-state index contributed by atoms with van der Waals surface area (Å²) >= 11 is 3.57. The van der Waals surface area contributed by atoms with E-state index in [0.717, 1.165) is 24.1 Å². The summed E-state index contributed by atoms with van der Waals surface area (Å²) in [6.07, 6.45) is 0. The van der Waals surface area contributed by atoms with Gasteiger partial charge in [-0.25, -0.2) is 0 Å². The molecular formula is C14H18BrN3. The first kappa shape index (κ1) is 12.2. The third kappa shape index (κ3) is 2.09. The first-order valence-electron chi connectivity index (χ1n) is 6.35. The number of piperazine rings is 1. The van der Waals surface area contributed by atoms with Crippen molar-refractivity contribution in [2.75, 3.05) is 26.7 Å². The number of aromatic amines is 1. The minimum atomic E-state index is 0.423. The number of H-pyrrole nitrogens is 1. The van der Waals surface area contributed by atoms with Crippen LogP contribution in [0.2, 0.25) is 0 Å². The molecule has 0 bridgehead atoms.